The largest absolute Gasteiger partial charge is 0.319 e. The first-order valence-corrected chi connectivity index (χ1v) is 5.19. The monoisotopic (exact) mass is 256 g/mol. The highest BCUT2D eigenvalue weighted by Gasteiger charge is 2.06. The van der Waals surface area contributed by atoms with Gasteiger partial charge < -0.3 is 4.57 Å². The number of aromatic nitrogens is 6. The summed E-state index contributed by atoms with van der Waals surface area (Å²) in [5.41, 5.74) is 1.02. The van der Waals surface area contributed by atoms with Crippen LogP contribution >= 0.6 is 15.9 Å². The van der Waals surface area contributed by atoms with E-state index in [-0.39, 0.29) is 0 Å². The van der Waals surface area contributed by atoms with Gasteiger partial charge in [-0.25, -0.2) is 4.68 Å². The van der Waals surface area contributed by atoms with Gasteiger partial charge in [0.1, 0.15) is 12.9 Å². The summed E-state index contributed by atoms with van der Waals surface area (Å²) < 4.78 is 3.65. The van der Waals surface area contributed by atoms with E-state index in [0.29, 0.717) is 6.54 Å². The molecule has 0 unspecified atom stereocenters. The van der Waals surface area contributed by atoms with Gasteiger partial charge in [-0.05, 0) is 0 Å². The van der Waals surface area contributed by atoms with E-state index >= 15 is 0 Å². The first-order chi connectivity index (χ1) is 6.81. The Morgan fingerprint density at radius 1 is 1.43 bits per heavy atom. The lowest BCUT2D eigenvalue weighted by molar-refractivity contribution is 0.591. The van der Waals surface area contributed by atoms with Crippen LogP contribution in [0.15, 0.2) is 12.5 Å². The molecule has 2 aromatic rings. The summed E-state index contributed by atoms with van der Waals surface area (Å²) in [4.78, 5) is 0. The maximum Gasteiger partial charge on any atom is 0.154 e. The number of hydrogen-bond donors (Lipinski definition) is 0. The number of aryl methyl sites for hydroxylation is 1. The molecule has 0 aromatic carbocycles. The standard InChI is InChI=1S/C7H9BrN6/c1-13-5-10-11-7(13)4-14-6(2-8)3-9-12-14/h3,5H,2,4H2,1H3. The summed E-state index contributed by atoms with van der Waals surface area (Å²) in [6, 6.07) is 0. The van der Waals surface area contributed by atoms with Crippen LogP contribution < -0.4 is 0 Å². The Bertz CT molecular complexity index is 419. The van der Waals surface area contributed by atoms with Crippen LogP contribution in [0.5, 0.6) is 0 Å². The van der Waals surface area contributed by atoms with Gasteiger partial charge in [0.25, 0.3) is 0 Å². The molecule has 0 bridgehead atoms. The molecule has 7 heteroatoms. The van der Waals surface area contributed by atoms with Crippen molar-refractivity contribution >= 4 is 15.9 Å². The average Bonchev–Trinajstić information content (AvgIpc) is 2.77. The van der Waals surface area contributed by atoms with Gasteiger partial charge in [-0.3, -0.25) is 0 Å². The van der Waals surface area contributed by atoms with Gasteiger partial charge in [0, 0.05) is 12.4 Å². The van der Waals surface area contributed by atoms with Crippen molar-refractivity contribution in [3.63, 3.8) is 0 Å². The van der Waals surface area contributed by atoms with Crippen molar-refractivity contribution in [2.75, 3.05) is 0 Å². The zero-order valence-corrected chi connectivity index (χ0v) is 9.22. The topological polar surface area (TPSA) is 61.4 Å². The minimum absolute atomic E-state index is 0.595. The van der Waals surface area contributed by atoms with Crippen LogP contribution in [-0.4, -0.2) is 29.8 Å². The molecule has 74 valence electrons. The van der Waals surface area contributed by atoms with Crippen molar-refractivity contribution in [2.24, 2.45) is 7.05 Å². The van der Waals surface area contributed by atoms with E-state index in [1.807, 2.05) is 11.6 Å². The lowest BCUT2D eigenvalue weighted by Crippen LogP contribution is -2.09. The van der Waals surface area contributed by atoms with E-state index in [0.717, 1.165) is 16.8 Å². The van der Waals surface area contributed by atoms with Crippen LogP contribution in [-0.2, 0) is 18.9 Å². The van der Waals surface area contributed by atoms with Crippen LogP contribution in [0.25, 0.3) is 0 Å². The Balaban J connectivity index is 2.22. The van der Waals surface area contributed by atoms with Crippen molar-refractivity contribution in [3.8, 4) is 0 Å². The van der Waals surface area contributed by atoms with Crippen molar-refractivity contribution in [3.05, 3.63) is 24.0 Å². The van der Waals surface area contributed by atoms with E-state index < -0.39 is 0 Å². The zero-order valence-electron chi connectivity index (χ0n) is 7.63. The molecule has 0 aliphatic heterocycles. The summed E-state index contributed by atoms with van der Waals surface area (Å²) >= 11 is 3.37. The lowest BCUT2D eigenvalue weighted by Gasteiger charge is -2.02. The van der Waals surface area contributed by atoms with Gasteiger partial charge in [0.15, 0.2) is 5.82 Å². The molecule has 6 nitrogen and oxygen atoms in total. The highest BCUT2D eigenvalue weighted by molar-refractivity contribution is 9.08. The van der Waals surface area contributed by atoms with Gasteiger partial charge in [-0.1, -0.05) is 21.1 Å². The summed E-state index contributed by atoms with van der Waals surface area (Å²) in [6.45, 7) is 0.595. The maximum atomic E-state index is 3.98. The van der Waals surface area contributed by atoms with Crippen LogP contribution in [0.3, 0.4) is 0 Å². The summed E-state index contributed by atoms with van der Waals surface area (Å²) in [5.74, 6) is 0.859. The Hall–Kier alpha value is -1.24. The van der Waals surface area contributed by atoms with Crippen molar-refractivity contribution < 1.29 is 0 Å². The number of alkyl halides is 1. The Morgan fingerprint density at radius 2 is 2.29 bits per heavy atom. The molecule has 2 aromatic heterocycles. The molecule has 0 N–H and O–H groups in total. The zero-order chi connectivity index (χ0) is 9.97. The Morgan fingerprint density at radius 3 is 2.93 bits per heavy atom. The quantitative estimate of drug-likeness (QED) is 0.744. The fourth-order valence-corrected chi connectivity index (χ4v) is 1.53. The highest BCUT2D eigenvalue weighted by Crippen LogP contribution is 2.04. The predicted molar refractivity (Wildman–Crippen MR) is 52.8 cm³/mol. The van der Waals surface area contributed by atoms with Gasteiger partial charge in [-0.2, -0.15) is 0 Å². The molecule has 2 rings (SSSR count). The molecule has 0 aliphatic rings. The van der Waals surface area contributed by atoms with E-state index in [4.69, 9.17) is 0 Å². The highest BCUT2D eigenvalue weighted by atomic mass is 79.9. The predicted octanol–water partition coefficient (Wildman–Crippen LogP) is 0.350. The molecular formula is C7H9BrN6. The number of halogens is 1. The van der Waals surface area contributed by atoms with E-state index in [1.165, 1.54) is 0 Å². The molecule has 0 radical (unpaired) electrons. The Labute approximate surface area is 89.1 Å². The van der Waals surface area contributed by atoms with E-state index in [2.05, 4.69) is 36.4 Å². The van der Waals surface area contributed by atoms with Crippen LogP contribution in [0.1, 0.15) is 11.5 Å². The molecule has 14 heavy (non-hydrogen) atoms. The third-order valence-corrected chi connectivity index (χ3v) is 2.51. The van der Waals surface area contributed by atoms with Crippen molar-refractivity contribution in [2.45, 2.75) is 11.9 Å². The second-order valence-electron chi connectivity index (χ2n) is 2.87. The molecule has 0 atom stereocenters. The van der Waals surface area contributed by atoms with Gasteiger partial charge in [-0.15, -0.1) is 15.3 Å². The summed E-state index contributed by atoms with van der Waals surface area (Å²) in [7, 11) is 1.90. The van der Waals surface area contributed by atoms with Crippen molar-refractivity contribution in [1.29, 1.82) is 0 Å². The molecule has 2 heterocycles. The minimum Gasteiger partial charge on any atom is -0.319 e. The number of hydrogen-bond acceptors (Lipinski definition) is 4. The van der Waals surface area contributed by atoms with Crippen LogP contribution in [0, 0.1) is 0 Å². The fraction of sp³-hybridized carbons (Fsp3) is 0.429. The van der Waals surface area contributed by atoms with E-state index in [1.54, 1.807) is 17.2 Å². The molecule has 0 fully saturated rings. The summed E-state index contributed by atoms with van der Waals surface area (Å²) in [6.07, 6.45) is 3.39. The van der Waals surface area contributed by atoms with Crippen LogP contribution in [0.4, 0.5) is 0 Å². The smallest absolute Gasteiger partial charge is 0.154 e. The molecule has 0 saturated heterocycles. The van der Waals surface area contributed by atoms with Gasteiger partial charge in [0.2, 0.25) is 0 Å². The molecule has 0 spiro atoms. The third-order valence-electron chi connectivity index (χ3n) is 1.93. The molecule has 0 amide bonds. The number of rotatable bonds is 3. The third kappa shape index (κ3) is 1.67. The Kier molecular flexibility index (Phi) is 2.58. The molecular weight excluding hydrogens is 248 g/mol. The van der Waals surface area contributed by atoms with Gasteiger partial charge >= 0.3 is 0 Å². The van der Waals surface area contributed by atoms with Gasteiger partial charge in [0.05, 0.1) is 11.9 Å². The second kappa shape index (κ2) is 3.87. The van der Waals surface area contributed by atoms with E-state index in [9.17, 15) is 0 Å². The normalized spacial score (nSPS) is 10.7. The second-order valence-corrected chi connectivity index (χ2v) is 3.44. The SMILES string of the molecule is Cn1cnnc1Cn1nncc1CBr. The fourth-order valence-electron chi connectivity index (χ4n) is 1.10. The summed E-state index contributed by atoms with van der Waals surface area (Å²) in [5, 5.41) is 16.3. The van der Waals surface area contributed by atoms with Crippen molar-refractivity contribution in [1.82, 2.24) is 29.8 Å². The molecule has 0 saturated carbocycles. The first-order valence-electron chi connectivity index (χ1n) is 4.07. The minimum atomic E-state index is 0.595. The lowest BCUT2D eigenvalue weighted by atomic mass is 10.5. The first kappa shape index (κ1) is 9.32. The maximum absolute atomic E-state index is 3.98. The molecule has 0 aliphatic carbocycles. The number of nitrogens with zero attached hydrogens (tertiary/aromatic N) is 6. The van der Waals surface area contributed by atoms with Crippen LogP contribution in [0.2, 0.25) is 0 Å². The average molecular weight is 257 g/mol.